The van der Waals surface area contributed by atoms with Crippen molar-refractivity contribution in [2.24, 2.45) is 11.8 Å². The zero-order valence-corrected chi connectivity index (χ0v) is 17.8. The maximum absolute atomic E-state index is 12.1. The molecule has 0 aromatic heterocycles. The summed E-state index contributed by atoms with van der Waals surface area (Å²) in [5.74, 6) is 2.44. The molecule has 0 unspecified atom stereocenters. The van der Waals surface area contributed by atoms with Gasteiger partial charge in [0.15, 0.2) is 0 Å². The monoisotopic (exact) mass is 455 g/mol. The molecule has 0 N–H and O–H groups in total. The minimum atomic E-state index is -0.398. The summed E-state index contributed by atoms with van der Waals surface area (Å²) in [6.07, 6.45) is 6.12. The maximum atomic E-state index is 12.1. The van der Waals surface area contributed by atoms with E-state index in [1.165, 1.54) is 28.4 Å². The van der Waals surface area contributed by atoms with Crippen molar-refractivity contribution < 1.29 is 9.53 Å². The predicted octanol–water partition coefficient (Wildman–Crippen LogP) is 5.82. The SMILES string of the molecule is CC(C)(C)OC(=O)N1CCC(CC[C@H]2C[C@@H]2c2ccc(I)cc2)CC1. The van der Waals surface area contributed by atoms with Crippen molar-refractivity contribution >= 4 is 28.7 Å². The molecule has 25 heavy (non-hydrogen) atoms. The molecule has 0 bridgehead atoms. The van der Waals surface area contributed by atoms with Gasteiger partial charge in [-0.05, 0) is 104 Å². The first-order valence-electron chi connectivity index (χ1n) is 9.55. The molecule has 0 spiro atoms. The van der Waals surface area contributed by atoms with Crippen LogP contribution in [0, 0.1) is 15.4 Å². The minimum absolute atomic E-state index is 0.146. The fourth-order valence-electron chi connectivity index (χ4n) is 3.87. The average Bonchev–Trinajstić information content (AvgIpc) is 3.32. The van der Waals surface area contributed by atoms with Gasteiger partial charge in [-0.3, -0.25) is 0 Å². The number of amides is 1. The molecule has 2 aliphatic rings. The van der Waals surface area contributed by atoms with E-state index in [2.05, 4.69) is 46.9 Å². The lowest BCUT2D eigenvalue weighted by Gasteiger charge is -2.33. The van der Waals surface area contributed by atoms with Crippen LogP contribution in [0.3, 0.4) is 0 Å². The molecule has 1 aliphatic carbocycles. The van der Waals surface area contributed by atoms with Crippen LogP contribution in [0.15, 0.2) is 24.3 Å². The largest absolute Gasteiger partial charge is 0.444 e. The number of rotatable bonds is 4. The van der Waals surface area contributed by atoms with E-state index < -0.39 is 5.60 Å². The van der Waals surface area contributed by atoms with Crippen LogP contribution in [0.4, 0.5) is 4.79 Å². The van der Waals surface area contributed by atoms with E-state index in [4.69, 9.17) is 4.74 Å². The number of nitrogens with zero attached hydrogens (tertiary/aromatic N) is 1. The topological polar surface area (TPSA) is 29.5 Å². The number of carbonyl (C=O) groups excluding carboxylic acids is 1. The summed E-state index contributed by atoms with van der Waals surface area (Å²) in [6, 6.07) is 9.03. The fraction of sp³-hybridized carbons (Fsp3) is 0.667. The Morgan fingerprint density at radius 3 is 2.40 bits per heavy atom. The van der Waals surface area contributed by atoms with Gasteiger partial charge in [-0.1, -0.05) is 18.6 Å². The molecule has 0 radical (unpaired) electrons. The molecular formula is C21H30INO2. The molecule has 1 saturated carbocycles. The van der Waals surface area contributed by atoms with Crippen LogP contribution in [0.2, 0.25) is 0 Å². The van der Waals surface area contributed by atoms with Crippen molar-refractivity contribution in [1.82, 2.24) is 4.90 Å². The molecule has 3 nitrogen and oxygen atoms in total. The Hall–Kier alpha value is -0.780. The van der Waals surface area contributed by atoms with E-state index in [1.807, 2.05) is 25.7 Å². The number of likely N-dealkylation sites (tertiary alicyclic amines) is 1. The number of carbonyl (C=O) groups is 1. The first-order chi connectivity index (χ1) is 11.8. The van der Waals surface area contributed by atoms with Crippen LogP contribution in [0.25, 0.3) is 0 Å². The summed E-state index contributed by atoms with van der Waals surface area (Å²) in [7, 11) is 0. The fourth-order valence-corrected chi connectivity index (χ4v) is 4.22. The highest BCUT2D eigenvalue weighted by Gasteiger charge is 2.38. The molecule has 3 rings (SSSR count). The third kappa shape index (κ3) is 5.60. The Bertz CT molecular complexity index is 585. The van der Waals surface area contributed by atoms with Crippen molar-refractivity contribution in [1.29, 1.82) is 0 Å². The van der Waals surface area contributed by atoms with Gasteiger partial charge in [0, 0.05) is 16.7 Å². The average molecular weight is 455 g/mol. The molecule has 1 saturated heterocycles. The van der Waals surface area contributed by atoms with Gasteiger partial charge in [-0.15, -0.1) is 0 Å². The third-order valence-electron chi connectivity index (χ3n) is 5.43. The molecular weight excluding hydrogens is 425 g/mol. The van der Waals surface area contributed by atoms with Crippen LogP contribution in [-0.4, -0.2) is 29.7 Å². The van der Waals surface area contributed by atoms with Gasteiger partial charge in [0.25, 0.3) is 0 Å². The van der Waals surface area contributed by atoms with E-state index in [1.54, 1.807) is 0 Å². The highest BCUT2D eigenvalue weighted by atomic mass is 127. The zero-order chi connectivity index (χ0) is 18.0. The lowest BCUT2D eigenvalue weighted by atomic mass is 9.91. The van der Waals surface area contributed by atoms with E-state index in [0.717, 1.165) is 43.7 Å². The van der Waals surface area contributed by atoms with Crippen molar-refractivity contribution in [2.45, 2.75) is 64.4 Å². The van der Waals surface area contributed by atoms with Crippen molar-refractivity contribution in [3.8, 4) is 0 Å². The minimum Gasteiger partial charge on any atom is -0.444 e. The number of halogens is 1. The molecule has 4 heteroatoms. The normalized spacial score (nSPS) is 24.2. The second-order valence-corrected chi connectivity index (χ2v) is 9.89. The third-order valence-corrected chi connectivity index (χ3v) is 6.15. The van der Waals surface area contributed by atoms with Crippen LogP contribution >= 0.6 is 22.6 Å². The molecule has 1 aromatic carbocycles. The quantitative estimate of drug-likeness (QED) is 0.536. The van der Waals surface area contributed by atoms with Crippen LogP contribution < -0.4 is 0 Å². The predicted molar refractivity (Wildman–Crippen MR) is 110 cm³/mol. The summed E-state index contributed by atoms with van der Waals surface area (Å²) >= 11 is 2.37. The van der Waals surface area contributed by atoms with E-state index >= 15 is 0 Å². The summed E-state index contributed by atoms with van der Waals surface area (Å²) in [5, 5.41) is 0. The van der Waals surface area contributed by atoms with Gasteiger partial charge in [0.1, 0.15) is 5.60 Å². The van der Waals surface area contributed by atoms with Crippen molar-refractivity contribution in [2.75, 3.05) is 13.1 Å². The highest BCUT2D eigenvalue weighted by Crippen LogP contribution is 2.50. The van der Waals surface area contributed by atoms with Gasteiger partial charge in [0.05, 0.1) is 0 Å². The van der Waals surface area contributed by atoms with Crippen LogP contribution in [0.5, 0.6) is 0 Å². The van der Waals surface area contributed by atoms with Crippen LogP contribution in [-0.2, 0) is 4.74 Å². The van der Waals surface area contributed by atoms with Crippen molar-refractivity contribution in [3.05, 3.63) is 33.4 Å². The number of benzene rings is 1. The molecule has 1 aliphatic heterocycles. The summed E-state index contributed by atoms with van der Waals surface area (Å²) < 4.78 is 6.79. The van der Waals surface area contributed by atoms with Crippen molar-refractivity contribution in [3.63, 3.8) is 0 Å². The smallest absolute Gasteiger partial charge is 0.410 e. The second-order valence-electron chi connectivity index (χ2n) is 8.64. The molecule has 2 fully saturated rings. The molecule has 138 valence electrons. The van der Waals surface area contributed by atoms with E-state index in [9.17, 15) is 4.79 Å². The number of hydrogen-bond donors (Lipinski definition) is 0. The molecule has 2 atom stereocenters. The summed E-state index contributed by atoms with van der Waals surface area (Å²) in [5.41, 5.74) is 1.12. The molecule has 1 amide bonds. The summed E-state index contributed by atoms with van der Waals surface area (Å²) in [6.45, 7) is 7.49. The zero-order valence-electron chi connectivity index (χ0n) is 15.6. The van der Waals surface area contributed by atoms with Gasteiger partial charge in [-0.2, -0.15) is 0 Å². The highest BCUT2D eigenvalue weighted by molar-refractivity contribution is 14.1. The Labute approximate surface area is 165 Å². The Morgan fingerprint density at radius 1 is 1.16 bits per heavy atom. The Kier molecular flexibility index (Phi) is 5.96. The van der Waals surface area contributed by atoms with Crippen LogP contribution in [0.1, 0.15) is 64.4 Å². The lowest BCUT2D eigenvalue weighted by molar-refractivity contribution is 0.0180. The molecule has 1 heterocycles. The van der Waals surface area contributed by atoms with Gasteiger partial charge >= 0.3 is 6.09 Å². The Morgan fingerprint density at radius 2 is 1.80 bits per heavy atom. The van der Waals surface area contributed by atoms with Gasteiger partial charge in [-0.25, -0.2) is 4.79 Å². The first kappa shape index (κ1) is 19.0. The molecule has 1 aromatic rings. The number of piperidine rings is 1. The van der Waals surface area contributed by atoms with E-state index in [-0.39, 0.29) is 6.09 Å². The van der Waals surface area contributed by atoms with Gasteiger partial charge < -0.3 is 9.64 Å². The Balaban J connectivity index is 1.36. The number of hydrogen-bond acceptors (Lipinski definition) is 2. The standard InChI is InChI=1S/C21H30INO2/c1-21(2,3)25-20(24)23-12-10-15(11-13-23)4-5-17-14-19(17)16-6-8-18(22)9-7-16/h6-9,15,17,19H,4-5,10-14H2,1-3H3/t17-,19+/m0/s1. The second kappa shape index (κ2) is 7.85. The number of ether oxygens (including phenoxy) is 1. The summed E-state index contributed by atoms with van der Waals surface area (Å²) in [4.78, 5) is 14.0. The maximum Gasteiger partial charge on any atom is 0.410 e. The van der Waals surface area contributed by atoms with E-state index in [0.29, 0.717) is 0 Å². The van der Waals surface area contributed by atoms with Gasteiger partial charge in [0.2, 0.25) is 0 Å². The first-order valence-corrected chi connectivity index (χ1v) is 10.6. The lowest BCUT2D eigenvalue weighted by Crippen LogP contribution is -2.41.